The zero-order chi connectivity index (χ0) is 18.5. The third-order valence-electron chi connectivity index (χ3n) is 4.25. The van der Waals surface area contributed by atoms with Crippen LogP contribution in [0.4, 0.5) is 5.13 Å². The predicted octanol–water partition coefficient (Wildman–Crippen LogP) is 3.42. The van der Waals surface area contributed by atoms with Crippen LogP contribution in [0.2, 0.25) is 0 Å². The maximum Gasteiger partial charge on any atom is 0.336 e. The van der Waals surface area contributed by atoms with Crippen LogP contribution in [-0.2, 0) is 25.5 Å². The average Bonchev–Trinajstić information content (AvgIpc) is 3.34. The number of ether oxygens (including phenoxy) is 2. The highest BCUT2D eigenvalue weighted by atomic mass is 32.1. The van der Waals surface area contributed by atoms with Gasteiger partial charge in [0, 0.05) is 17.6 Å². The van der Waals surface area contributed by atoms with Crippen LogP contribution >= 0.6 is 11.3 Å². The Morgan fingerprint density at radius 2 is 2.15 bits per heavy atom. The lowest BCUT2D eigenvalue weighted by Gasteiger charge is -2.15. The van der Waals surface area contributed by atoms with Crippen LogP contribution in [0.3, 0.4) is 0 Å². The van der Waals surface area contributed by atoms with Crippen LogP contribution < -0.4 is 5.32 Å². The van der Waals surface area contributed by atoms with Crippen molar-refractivity contribution in [3.05, 3.63) is 35.2 Å². The molecule has 1 fully saturated rings. The Hall–Kier alpha value is -2.25. The van der Waals surface area contributed by atoms with E-state index in [-0.39, 0.29) is 0 Å². The molecule has 1 saturated heterocycles. The number of thiazole rings is 1. The first kappa shape index (κ1) is 18.5. The molecule has 2 atom stereocenters. The lowest BCUT2D eigenvalue weighted by atomic mass is 10.1. The van der Waals surface area contributed by atoms with Gasteiger partial charge in [0.25, 0.3) is 5.91 Å². The Labute approximate surface area is 156 Å². The molecule has 0 saturated carbocycles. The molecule has 0 aliphatic carbocycles. The molecule has 0 unspecified atom stereocenters. The molecule has 26 heavy (non-hydrogen) atoms. The van der Waals surface area contributed by atoms with Crippen molar-refractivity contribution in [1.29, 1.82) is 0 Å². The Morgan fingerprint density at radius 3 is 2.81 bits per heavy atom. The van der Waals surface area contributed by atoms with Crippen molar-refractivity contribution >= 4 is 28.3 Å². The molecule has 1 aromatic heterocycles. The molecule has 3 rings (SSSR count). The fraction of sp³-hybridized carbons (Fsp3) is 0.421. The molecule has 2 heterocycles. The number of carbonyl (C=O) groups is 2. The number of amides is 1. The van der Waals surface area contributed by atoms with Crippen LogP contribution in [0.25, 0.3) is 11.3 Å². The summed E-state index contributed by atoms with van der Waals surface area (Å²) in [6.45, 7) is 4.21. The lowest BCUT2D eigenvalue weighted by molar-refractivity contribution is -0.162. The number of benzene rings is 1. The molecule has 1 amide bonds. The van der Waals surface area contributed by atoms with Crippen molar-refractivity contribution in [2.75, 3.05) is 11.9 Å². The molecule has 7 heteroatoms. The van der Waals surface area contributed by atoms with Crippen molar-refractivity contribution in [2.45, 2.75) is 45.3 Å². The molecular formula is C19H22N2O4S. The molecule has 0 bridgehead atoms. The van der Waals surface area contributed by atoms with Crippen molar-refractivity contribution < 1.29 is 19.1 Å². The summed E-state index contributed by atoms with van der Waals surface area (Å²) in [4.78, 5) is 28.6. The number of hydrogen-bond donors (Lipinski definition) is 1. The van der Waals surface area contributed by atoms with Crippen molar-refractivity contribution in [1.82, 2.24) is 4.98 Å². The minimum absolute atomic E-state index is 0.404. The van der Waals surface area contributed by atoms with Gasteiger partial charge in [-0.2, -0.15) is 0 Å². The minimum Gasteiger partial charge on any atom is -0.451 e. The highest BCUT2D eigenvalue weighted by Crippen LogP contribution is 2.25. The molecule has 1 aromatic carbocycles. The van der Waals surface area contributed by atoms with Crippen molar-refractivity contribution in [2.24, 2.45) is 0 Å². The lowest BCUT2D eigenvalue weighted by Crippen LogP contribution is -2.33. The van der Waals surface area contributed by atoms with E-state index in [1.54, 1.807) is 6.92 Å². The average molecular weight is 374 g/mol. The van der Waals surface area contributed by atoms with Gasteiger partial charge in [0.1, 0.15) is 0 Å². The summed E-state index contributed by atoms with van der Waals surface area (Å²) in [5.74, 6) is -0.889. The van der Waals surface area contributed by atoms with Crippen LogP contribution in [-0.4, -0.2) is 35.7 Å². The van der Waals surface area contributed by atoms with Crippen LogP contribution in [0, 0.1) is 0 Å². The van der Waals surface area contributed by atoms with E-state index in [4.69, 9.17) is 9.47 Å². The SMILES string of the molecule is CCc1ccc(-c2csc(NC(=O)[C@H](C)OC(=O)[C@@H]3CCCO3)n2)cc1. The summed E-state index contributed by atoms with van der Waals surface area (Å²) < 4.78 is 10.5. The van der Waals surface area contributed by atoms with Gasteiger partial charge in [-0.05, 0) is 31.7 Å². The van der Waals surface area contributed by atoms with Gasteiger partial charge in [-0.1, -0.05) is 31.2 Å². The zero-order valence-corrected chi connectivity index (χ0v) is 15.7. The third-order valence-corrected chi connectivity index (χ3v) is 5.00. The monoisotopic (exact) mass is 374 g/mol. The molecule has 2 aromatic rings. The molecule has 0 spiro atoms. The van der Waals surface area contributed by atoms with Gasteiger partial charge in [-0.15, -0.1) is 11.3 Å². The normalized spacial score (nSPS) is 17.7. The Bertz CT molecular complexity index is 766. The Morgan fingerprint density at radius 1 is 1.38 bits per heavy atom. The van der Waals surface area contributed by atoms with Gasteiger partial charge < -0.3 is 9.47 Å². The van der Waals surface area contributed by atoms with Crippen LogP contribution in [0.15, 0.2) is 29.6 Å². The van der Waals surface area contributed by atoms with Crippen LogP contribution in [0.5, 0.6) is 0 Å². The Kier molecular flexibility index (Phi) is 6.00. The Balaban J connectivity index is 1.57. The second-order valence-electron chi connectivity index (χ2n) is 6.16. The standard InChI is InChI=1S/C19H22N2O4S/c1-3-13-6-8-14(9-7-13)15-11-26-19(20-15)21-17(22)12(2)25-18(23)16-5-4-10-24-16/h6-9,11-12,16H,3-5,10H2,1-2H3,(H,20,21,22)/t12-,16-/m0/s1. The van der Waals surface area contributed by atoms with Gasteiger partial charge in [-0.25, -0.2) is 9.78 Å². The smallest absolute Gasteiger partial charge is 0.336 e. The largest absolute Gasteiger partial charge is 0.451 e. The number of hydrogen-bond acceptors (Lipinski definition) is 6. The molecule has 0 radical (unpaired) electrons. The van der Waals surface area contributed by atoms with E-state index >= 15 is 0 Å². The molecule has 1 N–H and O–H groups in total. The van der Waals surface area contributed by atoms with Gasteiger partial charge >= 0.3 is 5.97 Å². The fourth-order valence-electron chi connectivity index (χ4n) is 2.65. The minimum atomic E-state index is -0.900. The molecule has 6 nitrogen and oxygen atoms in total. The van der Waals surface area contributed by atoms with Crippen molar-refractivity contribution in [3.63, 3.8) is 0 Å². The van der Waals surface area contributed by atoms with Crippen molar-refractivity contribution in [3.8, 4) is 11.3 Å². The van der Waals surface area contributed by atoms with E-state index in [0.29, 0.717) is 18.2 Å². The summed E-state index contributed by atoms with van der Waals surface area (Å²) in [5.41, 5.74) is 3.06. The molecule has 1 aliphatic heterocycles. The van der Waals surface area contributed by atoms with Gasteiger partial charge in [-0.3, -0.25) is 10.1 Å². The number of esters is 1. The van der Waals surface area contributed by atoms with E-state index in [1.165, 1.54) is 16.9 Å². The summed E-state index contributed by atoms with van der Waals surface area (Å²) in [5, 5.41) is 5.07. The summed E-state index contributed by atoms with van der Waals surface area (Å²) in [6.07, 6.45) is 1.01. The second kappa shape index (κ2) is 8.42. The number of carbonyl (C=O) groups excluding carboxylic acids is 2. The topological polar surface area (TPSA) is 77.5 Å². The van der Waals surface area contributed by atoms with E-state index in [1.807, 2.05) is 17.5 Å². The summed E-state index contributed by atoms with van der Waals surface area (Å²) in [7, 11) is 0. The highest BCUT2D eigenvalue weighted by molar-refractivity contribution is 7.14. The summed E-state index contributed by atoms with van der Waals surface area (Å²) >= 11 is 1.34. The molecular weight excluding hydrogens is 352 g/mol. The van der Waals surface area contributed by atoms with Gasteiger partial charge in [0.05, 0.1) is 5.69 Å². The molecule has 1 aliphatic rings. The third kappa shape index (κ3) is 4.47. The quantitative estimate of drug-likeness (QED) is 0.784. The van der Waals surface area contributed by atoms with E-state index < -0.39 is 24.1 Å². The first-order valence-electron chi connectivity index (χ1n) is 8.74. The van der Waals surface area contributed by atoms with E-state index in [2.05, 4.69) is 29.4 Å². The maximum atomic E-state index is 12.2. The summed E-state index contributed by atoms with van der Waals surface area (Å²) in [6, 6.07) is 8.18. The van der Waals surface area contributed by atoms with E-state index in [0.717, 1.165) is 24.1 Å². The number of anilines is 1. The number of nitrogens with zero attached hydrogens (tertiary/aromatic N) is 1. The first-order chi connectivity index (χ1) is 12.6. The van der Waals surface area contributed by atoms with E-state index in [9.17, 15) is 9.59 Å². The second-order valence-corrected chi connectivity index (χ2v) is 7.02. The van der Waals surface area contributed by atoms with Gasteiger partial charge in [0.2, 0.25) is 0 Å². The zero-order valence-electron chi connectivity index (χ0n) is 14.9. The highest BCUT2D eigenvalue weighted by Gasteiger charge is 2.28. The first-order valence-corrected chi connectivity index (χ1v) is 9.62. The number of rotatable bonds is 6. The number of aromatic nitrogens is 1. The fourth-order valence-corrected chi connectivity index (χ4v) is 3.37. The predicted molar refractivity (Wildman–Crippen MR) is 100 cm³/mol. The number of aryl methyl sites for hydroxylation is 1. The van der Waals surface area contributed by atoms with Gasteiger partial charge in [0.15, 0.2) is 17.3 Å². The van der Waals surface area contributed by atoms with Crippen LogP contribution in [0.1, 0.15) is 32.3 Å². The molecule has 138 valence electrons. The number of nitrogens with one attached hydrogen (secondary N) is 1. The maximum absolute atomic E-state index is 12.2.